The predicted octanol–water partition coefficient (Wildman–Crippen LogP) is 3.19. The van der Waals surface area contributed by atoms with Crippen LogP contribution in [0.2, 0.25) is 0 Å². The number of thioether (sulfide) groups is 1. The zero-order chi connectivity index (χ0) is 11.3. The highest BCUT2D eigenvalue weighted by molar-refractivity contribution is 7.99. The van der Waals surface area contributed by atoms with Gasteiger partial charge in [0, 0.05) is 15.8 Å². The van der Waals surface area contributed by atoms with E-state index in [9.17, 15) is 4.79 Å². The van der Waals surface area contributed by atoms with E-state index in [0.717, 1.165) is 5.69 Å². The Kier molecular flexibility index (Phi) is 4.69. The minimum Gasteiger partial charge on any atom is -0.378 e. The molecule has 0 atom stereocenters. The number of hydrogen-bond donors (Lipinski definition) is 1. The third kappa shape index (κ3) is 4.88. The number of nitrogens with one attached hydrogen (secondary N) is 1. The van der Waals surface area contributed by atoms with Gasteiger partial charge in [-0.15, -0.1) is 11.8 Å². The van der Waals surface area contributed by atoms with Gasteiger partial charge < -0.3 is 5.32 Å². The Morgan fingerprint density at radius 3 is 2.40 bits per heavy atom. The second-order valence-electron chi connectivity index (χ2n) is 3.75. The number of anilines is 1. The maximum atomic E-state index is 10.8. The molecule has 1 rings (SSSR count). The van der Waals surface area contributed by atoms with Crippen LogP contribution in [0.1, 0.15) is 20.8 Å². The van der Waals surface area contributed by atoms with Gasteiger partial charge in [-0.2, -0.15) is 0 Å². The quantitative estimate of drug-likeness (QED) is 0.777. The van der Waals surface area contributed by atoms with Crippen molar-refractivity contribution in [3.05, 3.63) is 24.3 Å². The van der Waals surface area contributed by atoms with Crippen LogP contribution < -0.4 is 5.32 Å². The molecule has 0 aliphatic heterocycles. The SMILES string of the molecule is CC(=O)CNc1ccc(SC(C)C)cc1. The number of rotatable bonds is 5. The number of Topliss-reactive ketones (excluding diaryl/α,β-unsaturated/α-hetero) is 1. The van der Waals surface area contributed by atoms with Crippen molar-refractivity contribution in [3.8, 4) is 0 Å². The first-order chi connectivity index (χ1) is 7.08. The van der Waals surface area contributed by atoms with Gasteiger partial charge in [0.1, 0.15) is 5.78 Å². The summed E-state index contributed by atoms with van der Waals surface area (Å²) in [4.78, 5) is 12.0. The Morgan fingerprint density at radius 1 is 1.33 bits per heavy atom. The maximum absolute atomic E-state index is 10.8. The van der Waals surface area contributed by atoms with Crippen LogP contribution in [0, 0.1) is 0 Å². The topological polar surface area (TPSA) is 29.1 Å². The molecule has 0 fully saturated rings. The Balaban J connectivity index is 2.52. The highest BCUT2D eigenvalue weighted by Crippen LogP contribution is 2.23. The fourth-order valence-corrected chi connectivity index (χ4v) is 1.99. The van der Waals surface area contributed by atoms with Crippen LogP contribution in [-0.2, 0) is 4.79 Å². The number of carbonyl (C=O) groups excluding carboxylic acids is 1. The number of carbonyl (C=O) groups is 1. The van der Waals surface area contributed by atoms with Gasteiger partial charge in [-0.1, -0.05) is 13.8 Å². The molecule has 0 aliphatic rings. The van der Waals surface area contributed by atoms with Crippen LogP contribution in [0.4, 0.5) is 5.69 Å². The van der Waals surface area contributed by atoms with Crippen LogP contribution in [0.15, 0.2) is 29.2 Å². The van der Waals surface area contributed by atoms with Gasteiger partial charge in [0.05, 0.1) is 6.54 Å². The van der Waals surface area contributed by atoms with E-state index in [1.54, 1.807) is 6.92 Å². The lowest BCUT2D eigenvalue weighted by Crippen LogP contribution is -2.09. The van der Waals surface area contributed by atoms with Crippen LogP contribution in [0.25, 0.3) is 0 Å². The highest BCUT2D eigenvalue weighted by atomic mass is 32.2. The van der Waals surface area contributed by atoms with Crippen molar-refractivity contribution in [2.24, 2.45) is 0 Å². The zero-order valence-corrected chi connectivity index (χ0v) is 10.2. The lowest BCUT2D eigenvalue weighted by atomic mass is 10.3. The Labute approximate surface area is 95.5 Å². The van der Waals surface area contributed by atoms with E-state index in [0.29, 0.717) is 11.8 Å². The number of benzene rings is 1. The van der Waals surface area contributed by atoms with Crippen molar-refractivity contribution in [2.45, 2.75) is 30.9 Å². The van der Waals surface area contributed by atoms with Gasteiger partial charge >= 0.3 is 0 Å². The lowest BCUT2D eigenvalue weighted by molar-refractivity contribution is -0.115. The normalized spacial score (nSPS) is 10.4. The summed E-state index contributed by atoms with van der Waals surface area (Å²) in [5.41, 5.74) is 0.998. The Hall–Kier alpha value is -0.960. The van der Waals surface area contributed by atoms with Crippen LogP contribution in [-0.4, -0.2) is 17.6 Å². The predicted molar refractivity (Wildman–Crippen MR) is 66.6 cm³/mol. The molecule has 0 spiro atoms. The summed E-state index contributed by atoms with van der Waals surface area (Å²) >= 11 is 1.84. The number of ketones is 1. The minimum absolute atomic E-state index is 0.149. The van der Waals surface area contributed by atoms with E-state index in [-0.39, 0.29) is 5.78 Å². The molecule has 0 bridgehead atoms. The largest absolute Gasteiger partial charge is 0.378 e. The molecule has 82 valence electrons. The maximum Gasteiger partial charge on any atom is 0.148 e. The summed E-state index contributed by atoms with van der Waals surface area (Å²) in [6, 6.07) is 8.17. The molecule has 0 saturated heterocycles. The van der Waals surface area contributed by atoms with Crippen molar-refractivity contribution in [2.75, 3.05) is 11.9 Å². The molecule has 0 aliphatic carbocycles. The van der Waals surface area contributed by atoms with Crippen molar-refractivity contribution in [1.82, 2.24) is 0 Å². The Bertz CT molecular complexity index is 319. The monoisotopic (exact) mass is 223 g/mol. The summed E-state index contributed by atoms with van der Waals surface area (Å²) in [6.45, 7) is 6.33. The van der Waals surface area contributed by atoms with Gasteiger partial charge in [0.15, 0.2) is 0 Å². The van der Waals surface area contributed by atoms with E-state index in [1.807, 2.05) is 23.9 Å². The van der Waals surface area contributed by atoms with Crippen molar-refractivity contribution >= 4 is 23.2 Å². The summed E-state index contributed by atoms with van der Waals surface area (Å²) < 4.78 is 0. The molecule has 0 aromatic heterocycles. The molecular formula is C12H17NOS. The minimum atomic E-state index is 0.149. The summed E-state index contributed by atoms with van der Waals surface area (Å²) in [6.07, 6.45) is 0. The van der Waals surface area contributed by atoms with Crippen molar-refractivity contribution in [1.29, 1.82) is 0 Å². The standard InChI is InChI=1S/C12H17NOS/c1-9(2)15-12-6-4-11(5-7-12)13-8-10(3)14/h4-7,9,13H,8H2,1-3H3. The van der Waals surface area contributed by atoms with Crippen LogP contribution >= 0.6 is 11.8 Å². The fraction of sp³-hybridized carbons (Fsp3) is 0.417. The molecule has 1 aromatic rings. The lowest BCUT2D eigenvalue weighted by Gasteiger charge is -2.07. The molecule has 0 heterocycles. The smallest absolute Gasteiger partial charge is 0.148 e. The van der Waals surface area contributed by atoms with Crippen molar-refractivity contribution < 1.29 is 4.79 Å². The summed E-state index contributed by atoms with van der Waals surface area (Å²) in [5.74, 6) is 0.149. The summed E-state index contributed by atoms with van der Waals surface area (Å²) in [7, 11) is 0. The van der Waals surface area contributed by atoms with E-state index >= 15 is 0 Å². The van der Waals surface area contributed by atoms with E-state index in [4.69, 9.17) is 0 Å². The molecule has 1 aromatic carbocycles. The van der Waals surface area contributed by atoms with E-state index < -0.39 is 0 Å². The zero-order valence-electron chi connectivity index (χ0n) is 9.41. The molecule has 0 amide bonds. The van der Waals surface area contributed by atoms with Crippen molar-refractivity contribution in [3.63, 3.8) is 0 Å². The molecule has 2 nitrogen and oxygen atoms in total. The third-order valence-electron chi connectivity index (χ3n) is 1.77. The average molecular weight is 223 g/mol. The molecule has 0 radical (unpaired) electrons. The molecule has 1 N–H and O–H groups in total. The molecule has 0 saturated carbocycles. The summed E-state index contributed by atoms with van der Waals surface area (Å²) in [5, 5.41) is 3.66. The van der Waals surface area contributed by atoms with Gasteiger partial charge in [0.25, 0.3) is 0 Å². The van der Waals surface area contributed by atoms with E-state index in [2.05, 4.69) is 31.3 Å². The molecule has 15 heavy (non-hydrogen) atoms. The molecule has 0 unspecified atom stereocenters. The van der Waals surface area contributed by atoms with Gasteiger partial charge in [-0.3, -0.25) is 4.79 Å². The highest BCUT2D eigenvalue weighted by Gasteiger charge is 1.98. The van der Waals surface area contributed by atoms with Crippen LogP contribution in [0.3, 0.4) is 0 Å². The van der Waals surface area contributed by atoms with Gasteiger partial charge in [0.2, 0.25) is 0 Å². The third-order valence-corrected chi connectivity index (χ3v) is 2.78. The second kappa shape index (κ2) is 5.81. The molecule has 3 heteroatoms. The first-order valence-electron chi connectivity index (χ1n) is 5.08. The van der Waals surface area contributed by atoms with Gasteiger partial charge in [-0.05, 0) is 31.2 Å². The second-order valence-corrected chi connectivity index (χ2v) is 5.40. The van der Waals surface area contributed by atoms with E-state index in [1.165, 1.54) is 4.90 Å². The van der Waals surface area contributed by atoms with Gasteiger partial charge in [-0.25, -0.2) is 0 Å². The fourth-order valence-electron chi connectivity index (χ4n) is 1.15. The van der Waals surface area contributed by atoms with Crippen LogP contribution in [0.5, 0.6) is 0 Å². The number of hydrogen-bond acceptors (Lipinski definition) is 3. The first-order valence-corrected chi connectivity index (χ1v) is 5.96. The Morgan fingerprint density at radius 2 is 1.93 bits per heavy atom. The molecular weight excluding hydrogens is 206 g/mol. The average Bonchev–Trinajstić information content (AvgIpc) is 2.16. The first kappa shape index (κ1) is 12.1.